The van der Waals surface area contributed by atoms with Gasteiger partial charge in [0.2, 0.25) is 0 Å². The van der Waals surface area contributed by atoms with Crippen molar-refractivity contribution in [2.45, 2.75) is 43.4 Å². The summed E-state index contributed by atoms with van der Waals surface area (Å²) in [5.74, 6) is -1.99. The first-order valence-electron chi connectivity index (χ1n) is 6.36. The third-order valence-corrected chi connectivity index (χ3v) is 4.90. The van der Waals surface area contributed by atoms with E-state index in [4.69, 9.17) is 4.74 Å². The first-order valence-corrected chi connectivity index (χ1v) is 7.24. The molecule has 0 N–H and O–H groups in total. The smallest absolute Gasteiger partial charge is 0.548 e. The van der Waals surface area contributed by atoms with E-state index in [9.17, 15) is 19.5 Å². The molecule has 0 spiro atoms. The first kappa shape index (κ1) is 18.5. The Balaban J connectivity index is 0.00000220. The van der Waals surface area contributed by atoms with Crippen LogP contribution in [0.15, 0.2) is 11.6 Å². The van der Waals surface area contributed by atoms with Gasteiger partial charge in [0, 0.05) is 10.3 Å². The average Bonchev–Trinajstić information content (AvgIpc) is 2.58. The molecule has 2 saturated heterocycles. The van der Waals surface area contributed by atoms with Crippen LogP contribution < -0.4 is 34.7 Å². The number of β-lactam (4-membered cyclic amide) rings is 1. The Hall–Kier alpha value is -0.500. The van der Waals surface area contributed by atoms with Crippen LogP contribution in [0.4, 0.5) is 0 Å². The molecule has 2 aliphatic heterocycles. The number of carboxylic acids is 1. The van der Waals surface area contributed by atoms with Gasteiger partial charge in [0.15, 0.2) is 0 Å². The molecule has 0 aromatic rings. The summed E-state index contributed by atoms with van der Waals surface area (Å²) in [6.07, 6.45) is 1.55. The maximum Gasteiger partial charge on any atom is 1.00 e. The van der Waals surface area contributed by atoms with E-state index in [1.807, 2.05) is 0 Å². The monoisotopic (exact) mass is 321 g/mol. The fourth-order valence-corrected chi connectivity index (χ4v) is 4.07. The number of rotatable bonds is 4. The van der Waals surface area contributed by atoms with Crippen LogP contribution >= 0.6 is 11.8 Å². The molecule has 0 aromatic carbocycles. The second kappa shape index (κ2) is 6.73. The predicted molar refractivity (Wildman–Crippen MR) is 70.4 cm³/mol. The van der Waals surface area contributed by atoms with Crippen molar-refractivity contribution in [3.8, 4) is 0 Å². The van der Waals surface area contributed by atoms with E-state index in [2.05, 4.69) is 0 Å². The van der Waals surface area contributed by atoms with E-state index >= 15 is 0 Å². The summed E-state index contributed by atoms with van der Waals surface area (Å²) < 4.78 is 4.18. The maximum absolute atomic E-state index is 12.0. The van der Waals surface area contributed by atoms with E-state index in [-0.39, 0.29) is 47.3 Å². The standard InChI is InChI=1S/C13H17NO5S.Na/c1-4-19-8(15)6-5-7-10(16)14-9(12(17)18)13(2,3)20-11(7)14;/h5,9,11H,4,6H2,1-3H3,(H,17,18);/q;+1/p-1/b7-5-;/t9-,11+;/m0./s1. The van der Waals surface area contributed by atoms with Gasteiger partial charge in [0.25, 0.3) is 5.91 Å². The van der Waals surface area contributed by atoms with E-state index in [1.165, 1.54) is 22.7 Å². The zero-order valence-electron chi connectivity index (χ0n) is 12.5. The Labute approximate surface area is 149 Å². The molecule has 0 unspecified atom stereocenters. The van der Waals surface area contributed by atoms with E-state index < -0.39 is 22.7 Å². The van der Waals surface area contributed by atoms with Crippen molar-refractivity contribution in [2.75, 3.05) is 6.61 Å². The second-order valence-electron chi connectivity index (χ2n) is 5.18. The minimum atomic E-state index is -1.25. The van der Waals surface area contributed by atoms with Gasteiger partial charge in [-0.2, -0.15) is 0 Å². The molecule has 0 aromatic heterocycles. The topological polar surface area (TPSA) is 86.7 Å². The predicted octanol–water partition coefficient (Wildman–Crippen LogP) is -3.32. The molecule has 6 nitrogen and oxygen atoms in total. The van der Waals surface area contributed by atoms with Crippen molar-refractivity contribution >= 4 is 29.6 Å². The number of thioether (sulfide) groups is 1. The van der Waals surface area contributed by atoms with Crippen LogP contribution in [0.25, 0.3) is 0 Å². The van der Waals surface area contributed by atoms with Crippen molar-refractivity contribution in [2.24, 2.45) is 0 Å². The Morgan fingerprint density at radius 1 is 1.48 bits per heavy atom. The molecule has 2 rings (SSSR count). The summed E-state index contributed by atoms with van der Waals surface area (Å²) in [6.45, 7) is 5.54. The molecule has 2 fully saturated rings. The van der Waals surface area contributed by atoms with Gasteiger partial charge >= 0.3 is 35.5 Å². The number of carbonyl (C=O) groups is 3. The number of esters is 1. The van der Waals surface area contributed by atoms with Gasteiger partial charge in [-0.05, 0) is 20.8 Å². The van der Waals surface area contributed by atoms with Crippen LogP contribution in [0.3, 0.4) is 0 Å². The van der Waals surface area contributed by atoms with Gasteiger partial charge in [-0.25, -0.2) is 0 Å². The second-order valence-corrected chi connectivity index (χ2v) is 6.91. The van der Waals surface area contributed by atoms with Gasteiger partial charge in [-0.3, -0.25) is 9.59 Å². The molecule has 0 bridgehead atoms. The zero-order chi connectivity index (χ0) is 15.1. The molecule has 1 amide bonds. The molecular formula is C13H16NNaO5S. The number of carboxylic acid groups (broad SMARTS) is 1. The quantitative estimate of drug-likeness (QED) is 0.233. The molecule has 2 atom stereocenters. The number of carbonyl (C=O) groups excluding carboxylic acids is 3. The van der Waals surface area contributed by atoms with Crippen LogP contribution in [-0.2, 0) is 19.1 Å². The summed E-state index contributed by atoms with van der Waals surface area (Å²) in [4.78, 5) is 35.8. The Morgan fingerprint density at radius 3 is 2.62 bits per heavy atom. The van der Waals surface area contributed by atoms with Crippen LogP contribution in [0.2, 0.25) is 0 Å². The molecule has 8 heteroatoms. The van der Waals surface area contributed by atoms with Crippen LogP contribution in [0.5, 0.6) is 0 Å². The van der Waals surface area contributed by atoms with Crippen molar-refractivity contribution in [3.05, 3.63) is 11.6 Å². The largest absolute Gasteiger partial charge is 1.00 e. The SMILES string of the molecule is CCOC(=O)C/C=C1/C(=O)N2[C@@H]1SC(C)(C)[C@@H]2C(=O)[O-].[Na+]. The first-order chi connectivity index (χ1) is 9.29. The fourth-order valence-electron chi connectivity index (χ4n) is 2.50. The van der Waals surface area contributed by atoms with Gasteiger partial charge in [-0.1, -0.05) is 6.08 Å². The summed E-state index contributed by atoms with van der Waals surface area (Å²) in [5, 5.41) is 10.9. The van der Waals surface area contributed by atoms with Crippen LogP contribution in [-0.4, -0.2) is 45.5 Å². The molecule has 21 heavy (non-hydrogen) atoms. The molecule has 2 aliphatic rings. The number of amides is 1. The van der Waals surface area contributed by atoms with Crippen LogP contribution in [0.1, 0.15) is 27.2 Å². The molecule has 0 aliphatic carbocycles. The third kappa shape index (κ3) is 3.31. The molecule has 0 radical (unpaired) electrons. The number of ether oxygens (including phenoxy) is 1. The van der Waals surface area contributed by atoms with E-state index in [0.717, 1.165) is 0 Å². The van der Waals surface area contributed by atoms with Gasteiger partial charge in [0.05, 0.1) is 25.0 Å². The van der Waals surface area contributed by atoms with Crippen molar-refractivity contribution in [1.82, 2.24) is 4.90 Å². The normalized spacial score (nSPS) is 27.7. The van der Waals surface area contributed by atoms with Crippen molar-refractivity contribution in [3.63, 3.8) is 0 Å². The Kier molecular flexibility index (Phi) is 5.94. The van der Waals surface area contributed by atoms with Gasteiger partial charge in [-0.15, -0.1) is 11.8 Å². The van der Waals surface area contributed by atoms with E-state index in [1.54, 1.807) is 20.8 Å². The maximum atomic E-state index is 12.0. The van der Waals surface area contributed by atoms with Crippen molar-refractivity contribution < 1.29 is 53.8 Å². The third-order valence-electron chi connectivity index (χ3n) is 3.37. The minimum Gasteiger partial charge on any atom is -0.548 e. The Bertz CT molecular complexity index is 505. The van der Waals surface area contributed by atoms with Crippen LogP contribution in [0, 0.1) is 0 Å². The summed E-state index contributed by atoms with van der Waals surface area (Å²) in [5.41, 5.74) is 0.472. The van der Waals surface area contributed by atoms with E-state index in [0.29, 0.717) is 12.2 Å². The number of aliphatic carboxylic acids is 1. The zero-order valence-corrected chi connectivity index (χ0v) is 15.4. The molecule has 110 valence electrons. The molecular weight excluding hydrogens is 305 g/mol. The number of fused-ring (bicyclic) bond motifs is 1. The van der Waals surface area contributed by atoms with Gasteiger partial charge < -0.3 is 19.5 Å². The van der Waals surface area contributed by atoms with Crippen molar-refractivity contribution in [1.29, 1.82) is 0 Å². The minimum absolute atomic E-state index is 0. The number of nitrogens with zero attached hydrogens (tertiary/aromatic N) is 1. The summed E-state index contributed by atoms with van der Waals surface area (Å²) in [6, 6.07) is -0.940. The molecule has 2 heterocycles. The summed E-state index contributed by atoms with van der Waals surface area (Å²) in [7, 11) is 0. The molecule has 0 saturated carbocycles. The fraction of sp³-hybridized carbons (Fsp3) is 0.615. The average molecular weight is 321 g/mol. The number of hydrogen-bond acceptors (Lipinski definition) is 6. The summed E-state index contributed by atoms with van der Waals surface area (Å²) >= 11 is 1.39. The number of hydrogen-bond donors (Lipinski definition) is 0. The van der Waals surface area contributed by atoms with Gasteiger partial charge in [0.1, 0.15) is 5.37 Å². The Morgan fingerprint density at radius 2 is 2.10 bits per heavy atom.